The van der Waals surface area contributed by atoms with Crippen LogP contribution in [0.2, 0.25) is 10.2 Å². The van der Waals surface area contributed by atoms with Gasteiger partial charge in [-0.2, -0.15) is 0 Å². The molecule has 1 rings (SSSR count). The predicted octanol–water partition coefficient (Wildman–Crippen LogP) is 3.09. The van der Waals surface area contributed by atoms with Crippen molar-refractivity contribution in [2.75, 3.05) is 0 Å². The second-order valence-corrected chi connectivity index (χ2v) is 2.74. The molecule has 1 aromatic heterocycles. The van der Waals surface area contributed by atoms with Crippen LogP contribution in [0.15, 0.2) is 11.2 Å². The number of hydrogen-bond acceptors (Lipinski definition) is 3. The minimum atomic E-state index is -0.000988. The van der Waals surface area contributed by atoms with Crippen LogP contribution < -0.4 is 0 Å². The molecule has 0 saturated heterocycles. The van der Waals surface area contributed by atoms with Crippen LogP contribution in [0.4, 0.5) is 5.69 Å². The molecule has 0 radical (unpaired) electrons. The summed E-state index contributed by atoms with van der Waals surface area (Å²) in [5, 5.41) is 2.91. The van der Waals surface area contributed by atoms with Gasteiger partial charge in [-0.25, -0.2) is 4.98 Å². The van der Waals surface area contributed by atoms with Gasteiger partial charge in [0.25, 0.3) is 0 Å². The Morgan fingerprint density at radius 2 is 2.18 bits per heavy atom. The molecule has 0 fully saturated rings. The first kappa shape index (κ1) is 8.43. The van der Waals surface area contributed by atoms with Gasteiger partial charge in [0.15, 0.2) is 10.8 Å². The number of aromatic nitrogens is 1. The molecule has 0 saturated carbocycles. The highest BCUT2D eigenvalue weighted by molar-refractivity contribution is 6.37. The summed E-state index contributed by atoms with van der Waals surface area (Å²) in [7, 11) is 0. The summed E-state index contributed by atoms with van der Waals surface area (Å²) in [5.41, 5.74) is 0.659. The van der Waals surface area contributed by atoms with E-state index in [1.54, 1.807) is 6.92 Å². The van der Waals surface area contributed by atoms with Gasteiger partial charge in [-0.3, -0.25) is 0 Å². The lowest BCUT2D eigenvalue weighted by Crippen LogP contribution is -1.82. The molecule has 0 aliphatic carbocycles. The van der Waals surface area contributed by atoms with Crippen molar-refractivity contribution in [3.8, 4) is 0 Å². The molecule has 5 heteroatoms. The summed E-state index contributed by atoms with van der Waals surface area (Å²) in [6, 6.07) is 1.53. The molecule has 0 aliphatic rings. The van der Waals surface area contributed by atoms with Crippen molar-refractivity contribution in [2.45, 2.75) is 6.92 Å². The van der Waals surface area contributed by atoms with Crippen molar-refractivity contribution in [2.24, 2.45) is 5.18 Å². The lowest BCUT2D eigenvalue weighted by Gasteiger charge is -1.97. The largest absolute Gasteiger partial charge is 0.239 e. The normalized spacial score (nSPS) is 9.73. The van der Waals surface area contributed by atoms with E-state index in [4.69, 9.17) is 23.2 Å². The average Bonchev–Trinajstić information content (AvgIpc) is 1.85. The molecule has 0 aromatic carbocycles. The van der Waals surface area contributed by atoms with Crippen LogP contribution in [0.3, 0.4) is 0 Å². The summed E-state index contributed by atoms with van der Waals surface area (Å²) in [6.07, 6.45) is 0. The molecule has 1 heterocycles. The van der Waals surface area contributed by atoms with Crippen molar-refractivity contribution >= 4 is 28.9 Å². The molecule has 0 unspecified atom stereocenters. The summed E-state index contributed by atoms with van der Waals surface area (Å²) in [6.45, 7) is 1.73. The predicted molar refractivity (Wildman–Crippen MR) is 44.4 cm³/mol. The third-order valence-corrected chi connectivity index (χ3v) is 1.67. The zero-order valence-corrected chi connectivity index (χ0v) is 7.15. The Hall–Kier alpha value is -0.670. The fourth-order valence-corrected chi connectivity index (χ4v) is 1.27. The zero-order chi connectivity index (χ0) is 8.43. The van der Waals surface area contributed by atoms with E-state index in [1.165, 1.54) is 6.07 Å². The number of halogens is 2. The molecule has 58 valence electrons. The van der Waals surface area contributed by atoms with Crippen molar-refractivity contribution in [3.05, 3.63) is 26.8 Å². The molecule has 0 spiro atoms. The van der Waals surface area contributed by atoms with Gasteiger partial charge in [-0.15, -0.1) is 4.91 Å². The molecule has 0 N–H and O–H groups in total. The number of rotatable bonds is 1. The minimum absolute atomic E-state index is 0.000988. The van der Waals surface area contributed by atoms with Gasteiger partial charge in [0, 0.05) is 5.69 Å². The summed E-state index contributed by atoms with van der Waals surface area (Å²) in [5.74, 6) is 0. The second-order valence-electron chi connectivity index (χ2n) is 1.98. The fraction of sp³-hybridized carbons (Fsp3) is 0.167. The quantitative estimate of drug-likeness (QED) is 0.505. The molecule has 0 amide bonds. The highest BCUT2D eigenvalue weighted by Gasteiger charge is 2.07. The third-order valence-electron chi connectivity index (χ3n) is 1.12. The van der Waals surface area contributed by atoms with E-state index in [0.717, 1.165) is 0 Å². The first-order valence-corrected chi connectivity index (χ1v) is 3.56. The number of nitroso groups, excluding NO2 is 1. The van der Waals surface area contributed by atoms with E-state index in [2.05, 4.69) is 10.2 Å². The van der Waals surface area contributed by atoms with Crippen LogP contribution >= 0.6 is 23.2 Å². The van der Waals surface area contributed by atoms with Crippen LogP contribution in [0.5, 0.6) is 0 Å². The molecular formula is C6H4Cl2N2O. The van der Waals surface area contributed by atoms with E-state index < -0.39 is 0 Å². The first-order chi connectivity index (χ1) is 5.15. The van der Waals surface area contributed by atoms with Crippen LogP contribution in [0.25, 0.3) is 0 Å². The molecule has 0 atom stereocenters. The minimum Gasteiger partial charge on any atom is -0.239 e. The fourth-order valence-electron chi connectivity index (χ4n) is 0.672. The maximum Gasteiger partial charge on any atom is 0.163 e. The van der Waals surface area contributed by atoms with Gasteiger partial charge in [-0.1, -0.05) is 23.2 Å². The standard InChI is InChI=1S/C6H4Cl2N2O/c1-3-2-4(7)5(10-11)6(8)9-3/h2H,1H3. The Morgan fingerprint density at radius 1 is 1.55 bits per heavy atom. The van der Waals surface area contributed by atoms with Crippen molar-refractivity contribution in [1.29, 1.82) is 0 Å². The Bertz CT molecular complexity index is 278. The topological polar surface area (TPSA) is 42.3 Å². The van der Waals surface area contributed by atoms with E-state index in [1.807, 2.05) is 0 Å². The summed E-state index contributed by atoms with van der Waals surface area (Å²) < 4.78 is 0. The van der Waals surface area contributed by atoms with E-state index in [-0.39, 0.29) is 15.9 Å². The summed E-state index contributed by atoms with van der Waals surface area (Å²) in [4.78, 5) is 13.9. The van der Waals surface area contributed by atoms with Gasteiger partial charge in [0.2, 0.25) is 0 Å². The number of aryl methyl sites for hydroxylation is 1. The van der Waals surface area contributed by atoms with Crippen LogP contribution in [0, 0.1) is 11.8 Å². The average molecular weight is 191 g/mol. The van der Waals surface area contributed by atoms with Gasteiger partial charge < -0.3 is 0 Å². The lowest BCUT2D eigenvalue weighted by atomic mass is 10.3. The smallest absolute Gasteiger partial charge is 0.163 e. The number of pyridine rings is 1. The van der Waals surface area contributed by atoms with E-state index in [0.29, 0.717) is 5.69 Å². The highest BCUT2D eigenvalue weighted by Crippen LogP contribution is 2.31. The Kier molecular flexibility index (Phi) is 2.42. The van der Waals surface area contributed by atoms with Crippen LogP contribution in [-0.4, -0.2) is 4.98 Å². The molecule has 0 bridgehead atoms. The Labute approximate surface area is 73.3 Å². The maximum atomic E-state index is 10.1. The van der Waals surface area contributed by atoms with Gasteiger partial charge >= 0.3 is 0 Å². The van der Waals surface area contributed by atoms with Crippen LogP contribution in [-0.2, 0) is 0 Å². The van der Waals surface area contributed by atoms with Gasteiger partial charge in [0.1, 0.15) is 0 Å². The van der Waals surface area contributed by atoms with Crippen molar-refractivity contribution in [1.82, 2.24) is 4.98 Å². The Balaban J connectivity index is 3.36. The number of nitrogens with zero attached hydrogens (tertiary/aromatic N) is 2. The molecular weight excluding hydrogens is 187 g/mol. The maximum absolute atomic E-state index is 10.1. The Morgan fingerprint density at radius 3 is 2.64 bits per heavy atom. The summed E-state index contributed by atoms with van der Waals surface area (Å²) >= 11 is 11.2. The number of hydrogen-bond donors (Lipinski definition) is 0. The van der Waals surface area contributed by atoms with E-state index >= 15 is 0 Å². The SMILES string of the molecule is Cc1cc(Cl)c(N=O)c(Cl)n1. The van der Waals surface area contributed by atoms with Gasteiger partial charge in [-0.05, 0) is 18.2 Å². The van der Waals surface area contributed by atoms with Crippen LogP contribution in [0.1, 0.15) is 5.69 Å². The monoisotopic (exact) mass is 190 g/mol. The van der Waals surface area contributed by atoms with Crippen molar-refractivity contribution in [3.63, 3.8) is 0 Å². The highest BCUT2D eigenvalue weighted by atomic mass is 35.5. The molecule has 3 nitrogen and oxygen atoms in total. The van der Waals surface area contributed by atoms with Gasteiger partial charge in [0.05, 0.1) is 5.02 Å². The second kappa shape index (κ2) is 3.15. The molecule has 11 heavy (non-hydrogen) atoms. The molecule has 0 aliphatic heterocycles. The zero-order valence-electron chi connectivity index (χ0n) is 5.64. The first-order valence-electron chi connectivity index (χ1n) is 2.81. The molecule has 1 aromatic rings. The third kappa shape index (κ3) is 1.67. The van der Waals surface area contributed by atoms with E-state index in [9.17, 15) is 4.91 Å². The lowest BCUT2D eigenvalue weighted by molar-refractivity contribution is 1.19. The van der Waals surface area contributed by atoms with Crippen molar-refractivity contribution < 1.29 is 0 Å².